The Hall–Kier alpha value is -1.32. The molecule has 0 aliphatic heterocycles. The average molecular weight is 391 g/mol. The maximum Gasteiger partial charge on any atom is 0.0970 e. The van der Waals surface area contributed by atoms with Crippen molar-refractivity contribution < 1.29 is 21.5 Å². The summed E-state index contributed by atoms with van der Waals surface area (Å²) < 4.78 is 1.08. The van der Waals surface area contributed by atoms with Crippen LogP contribution in [0.3, 0.4) is 0 Å². The van der Waals surface area contributed by atoms with Crippen molar-refractivity contribution in [2.75, 3.05) is 25.0 Å². The third kappa shape index (κ3) is 4.84. The number of para-hydroxylation sites is 2. The number of anilines is 2. The molecule has 24 heavy (non-hydrogen) atoms. The molecular weight excluding hydrogens is 360 g/mol. The highest BCUT2D eigenvalue weighted by atomic mass is 79.9. The molecule has 0 heterocycles. The second kappa shape index (κ2) is 9.24. The Labute approximate surface area is 158 Å². The molecule has 0 aromatic heterocycles. The largest absolute Gasteiger partial charge is 1.00 e. The quantitative estimate of drug-likeness (QED) is 0.654. The van der Waals surface area contributed by atoms with Gasteiger partial charge in [0, 0.05) is 11.4 Å². The highest BCUT2D eigenvalue weighted by Gasteiger charge is 2.30. The summed E-state index contributed by atoms with van der Waals surface area (Å²) in [6.07, 6.45) is 0. The Balaban J connectivity index is 0.00000288. The molecule has 2 aromatic rings. The van der Waals surface area contributed by atoms with E-state index in [2.05, 4.69) is 100 Å². The molecule has 0 bridgehead atoms. The second-order valence-corrected chi connectivity index (χ2v) is 7.08. The molecule has 2 nitrogen and oxygen atoms in total. The summed E-state index contributed by atoms with van der Waals surface area (Å²) in [6, 6.07) is 22.6. The Bertz CT molecular complexity index is 534. The fourth-order valence-corrected chi connectivity index (χ4v) is 3.05. The first-order valence-electron chi connectivity index (χ1n) is 8.67. The van der Waals surface area contributed by atoms with Crippen LogP contribution in [0.1, 0.15) is 27.7 Å². The molecule has 0 saturated carbocycles. The van der Waals surface area contributed by atoms with Crippen molar-refractivity contribution in [3.8, 4) is 0 Å². The summed E-state index contributed by atoms with van der Waals surface area (Å²) in [5.41, 5.74) is 2.52. The molecule has 2 rings (SSSR count). The van der Waals surface area contributed by atoms with Gasteiger partial charge in [0.05, 0.1) is 32.2 Å². The molecule has 0 atom stereocenters. The van der Waals surface area contributed by atoms with E-state index >= 15 is 0 Å². The van der Waals surface area contributed by atoms with Gasteiger partial charge in [-0.1, -0.05) is 36.4 Å². The van der Waals surface area contributed by atoms with E-state index in [1.54, 1.807) is 0 Å². The summed E-state index contributed by atoms with van der Waals surface area (Å²) in [6.45, 7) is 11.5. The summed E-state index contributed by atoms with van der Waals surface area (Å²) in [5, 5.41) is 0. The number of hydrogen-bond acceptors (Lipinski definition) is 1. The molecule has 0 radical (unpaired) electrons. The summed E-state index contributed by atoms with van der Waals surface area (Å²) in [4.78, 5) is 2.43. The monoisotopic (exact) mass is 390 g/mol. The van der Waals surface area contributed by atoms with Crippen molar-refractivity contribution in [2.45, 2.75) is 39.8 Å². The van der Waals surface area contributed by atoms with Crippen LogP contribution in [0.25, 0.3) is 0 Å². The number of rotatable bonds is 7. The van der Waals surface area contributed by atoms with Crippen LogP contribution in [-0.4, -0.2) is 36.7 Å². The van der Waals surface area contributed by atoms with Crippen LogP contribution in [0.2, 0.25) is 0 Å². The van der Waals surface area contributed by atoms with Gasteiger partial charge in [-0.2, -0.15) is 0 Å². The van der Waals surface area contributed by atoms with E-state index in [1.807, 2.05) is 0 Å². The Morgan fingerprint density at radius 2 is 1.12 bits per heavy atom. The topological polar surface area (TPSA) is 3.24 Å². The smallest absolute Gasteiger partial charge is 0.0970 e. The molecule has 0 fully saturated rings. The van der Waals surface area contributed by atoms with Gasteiger partial charge < -0.3 is 26.4 Å². The van der Waals surface area contributed by atoms with Crippen LogP contribution in [0.15, 0.2) is 60.7 Å². The average Bonchev–Trinajstić information content (AvgIpc) is 2.56. The lowest BCUT2D eigenvalue weighted by molar-refractivity contribution is -0.947. The van der Waals surface area contributed by atoms with Crippen LogP contribution in [0, 0.1) is 0 Å². The van der Waals surface area contributed by atoms with Gasteiger partial charge in [-0.05, 0) is 52.0 Å². The number of halogens is 1. The Kier molecular flexibility index (Phi) is 7.98. The zero-order valence-corrected chi connectivity index (χ0v) is 17.2. The lowest BCUT2D eigenvalue weighted by Gasteiger charge is -2.43. The van der Waals surface area contributed by atoms with E-state index in [9.17, 15) is 0 Å². The number of quaternary nitrogens is 1. The van der Waals surface area contributed by atoms with Gasteiger partial charge in [0.1, 0.15) is 0 Å². The van der Waals surface area contributed by atoms with Crippen molar-refractivity contribution in [2.24, 2.45) is 0 Å². The highest BCUT2D eigenvalue weighted by Crippen LogP contribution is 2.26. The minimum Gasteiger partial charge on any atom is -1.00 e. The molecule has 0 saturated heterocycles. The highest BCUT2D eigenvalue weighted by molar-refractivity contribution is 5.62. The summed E-state index contributed by atoms with van der Waals surface area (Å²) in [5.74, 6) is 0. The van der Waals surface area contributed by atoms with E-state index in [0.29, 0.717) is 12.1 Å². The molecule has 0 unspecified atom stereocenters. The maximum absolute atomic E-state index is 2.43. The van der Waals surface area contributed by atoms with Crippen LogP contribution in [0.4, 0.5) is 11.4 Å². The molecule has 0 N–H and O–H groups in total. The molecule has 3 heteroatoms. The van der Waals surface area contributed by atoms with Crippen molar-refractivity contribution >= 4 is 11.4 Å². The van der Waals surface area contributed by atoms with E-state index < -0.39 is 0 Å². The fourth-order valence-electron chi connectivity index (χ4n) is 3.05. The predicted octanol–water partition coefficient (Wildman–Crippen LogP) is 2.09. The van der Waals surface area contributed by atoms with Crippen molar-refractivity contribution in [3.05, 3.63) is 60.7 Å². The minimum absolute atomic E-state index is 0. The first-order chi connectivity index (χ1) is 10.9. The van der Waals surface area contributed by atoms with E-state index in [1.165, 1.54) is 11.4 Å². The summed E-state index contributed by atoms with van der Waals surface area (Å²) >= 11 is 0. The van der Waals surface area contributed by atoms with Crippen LogP contribution >= 0.6 is 0 Å². The van der Waals surface area contributed by atoms with Gasteiger partial charge in [-0.15, -0.1) is 0 Å². The van der Waals surface area contributed by atoms with E-state index in [4.69, 9.17) is 0 Å². The zero-order chi connectivity index (χ0) is 16.9. The molecule has 2 aromatic carbocycles. The number of nitrogens with zero attached hydrogens (tertiary/aromatic N) is 2. The van der Waals surface area contributed by atoms with Crippen LogP contribution in [-0.2, 0) is 0 Å². The zero-order valence-electron chi connectivity index (χ0n) is 15.6. The minimum atomic E-state index is 0. The summed E-state index contributed by atoms with van der Waals surface area (Å²) in [7, 11) is 2.38. The third-order valence-corrected chi connectivity index (χ3v) is 5.30. The Morgan fingerprint density at radius 3 is 1.46 bits per heavy atom. The van der Waals surface area contributed by atoms with Crippen LogP contribution in [0.5, 0.6) is 0 Å². The van der Waals surface area contributed by atoms with Gasteiger partial charge in [0.2, 0.25) is 0 Å². The van der Waals surface area contributed by atoms with Crippen LogP contribution < -0.4 is 21.9 Å². The molecular formula is C21H31BrN2. The third-order valence-electron chi connectivity index (χ3n) is 5.30. The molecule has 0 spiro atoms. The fraction of sp³-hybridized carbons (Fsp3) is 0.429. The standard InChI is InChI=1S/C21H31N2.BrH/c1-18(2)23(5,19(3)4)17-16-22(20-12-8-6-9-13-20)21-14-10-7-11-15-21;/h6-15,18-19H,16-17H2,1-5H3;1H/q+1;/p-1. The van der Waals surface area contributed by atoms with Crippen molar-refractivity contribution in [1.82, 2.24) is 0 Å². The first-order valence-corrected chi connectivity index (χ1v) is 8.67. The molecule has 0 aliphatic carbocycles. The number of likely N-dealkylation sites (N-methyl/N-ethyl adjacent to an activating group) is 1. The normalized spacial score (nSPS) is 11.5. The van der Waals surface area contributed by atoms with Gasteiger partial charge in [-0.3, -0.25) is 0 Å². The van der Waals surface area contributed by atoms with Gasteiger partial charge in [0.15, 0.2) is 0 Å². The molecule has 0 amide bonds. The number of benzene rings is 2. The first kappa shape index (κ1) is 20.7. The predicted molar refractivity (Wildman–Crippen MR) is 101 cm³/mol. The van der Waals surface area contributed by atoms with Gasteiger partial charge >= 0.3 is 0 Å². The second-order valence-electron chi connectivity index (χ2n) is 7.08. The van der Waals surface area contributed by atoms with Crippen molar-refractivity contribution in [1.29, 1.82) is 0 Å². The van der Waals surface area contributed by atoms with Gasteiger partial charge in [0.25, 0.3) is 0 Å². The molecule has 0 aliphatic rings. The van der Waals surface area contributed by atoms with E-state index in [-0.39, 0.29) is 17.0 Å². The van der Waals surface area contributed by atoms with Gasteiger partial charge in [-0.25, -0.2) is 0 Å². The number of hydrogen-bond donors (Lipinski definition) is 0. The lowest BCUT2D eigenvalue weighted by atomic mass is 10.1. The van der Waals surface area contributed by atoms with E-state index in [0.717, 1.165) is 17.6 Å². The Morgan fingerprint density at radius 1 is 0.750 bits per heavy atom. The molecule has 132 valence electrons. The SMILES string of the molecule is CC(C)[N+](C)(CCN(c1ccccc1)c1ccccc1)C(C)C.[Br-]. The maximum atomic E-state index is 2.43. The van der Waals surface area contributed by atoms with Crippen molar-refractivity contribution in [3.63, 3.8) is 0 Å². The lowest BCUT2D eigenvalue weighted by Crippen LogP contribution is -3.00.